The number of hydrogen-bond donors (Lipinski definition) is 1. The lowest BCUT2D eigenvalue weighted by atomic mass is 9.99. The van der Waals surface area contributed by atoms with E-state index in [0.717, 1.165) is 11.5 Å². The van der Waals surface area contributed by atoms with E-state index in [1.807, 2.05) is 12.1 Å². The number of hydrogen-bond acceptors (Lipinski definition) is 1. The van der Waals surface area contributed by atoms with Crippen LogP contribution in [0.3, 0.4) is 0 Å². The smallest absolute Gasteiger partial charge is 0.310 e. The molecule has 1 aliphatic carbocycles. The van der Waals surface area contributed by atoms with Gasteiger partial charge in [0.1, 0.15) is 0 Å². The normalized spacial score (nSPS) is 17.8. The van der Waals surface area contributed by atoms with Gasteiger partial charge in [0.2, 0.25) is 0 Å². The summed E-state index contributed by atoms with van der Waals surface area (Å²) in [5.41, 5.74) is 2.24. The Bertz CT molecular complexity index is 336. The van der Waals surface area contributed by atoms with Crippen LogP contribution in [-0.2, 0) is 4.79 Å². The Morgan fingerprint density at radius 1 is 1.36 bits per heavy atom. The number of benzene rings is 1. The Hall–Kier alpha value is -1.31. The molecule has 1 aromatic carbocycles. The van der Waals surface area contributed by atoms with Crippen LogP contribution in [0.2, 0.25) is 0 Å². The molecule has 1 aliphatic rings. The summed E-state index contributed by atoms with van der Waals surface area (Å²) in [4.78, 5) is 10.7. The van der Waals surface area contributed by atoms with Crippen LogP contribution >= 0.6 is 0 Å². The second-order valence-corrected chi connectivity index (χ2v) is 4.00. The van der Waals surface area contributed by atoms with Gasteiger partial charge in [0.05, 0.1) is 5.92 Å². The van der Waals surface area contributed by atoms with Gasteiger partial charge in [-0.05, 0) is 36.8 Å². The Morgan fingerprint density at radius 2 is 1.93 bits per heavy atom. The predicted octanol–water partition coefficient (Wildman–Crippen LogP) is 2.75. The number of carboxylic acid groups (broad SMARTS) is 1. The maximum atomic E-state index is 10.7. The van der Waals surface area contributed by atoms with Gasteiger partial charge in [0.25, 0.3) is 0 Å². The van der Waals surface area contributed by atoms with Crippen molar-refractivity contribution in [1.29, 1.82) is 0 Å². The second kappa shape index (κ2) is 3.45. The molecule has 0 heterocycles. The van der Waals surface area contributed by atoms with Crippen molar-refractivity contribution in [2.24, 2.45) is 0 Å². The van der Waals surface area contributed by atoms with Crippen molar-refractivity contribution < 1.29 is 9.90 Å². The minimum Gasteiger partial charge on any atom is -0.481 e. The van der Waals surface area contributed by atoms with Crippen molar-refractivity contribution in [1.82, 2.24) is 0 Å². The number of carboxylic acids is 1. The monoisotopic (exact) mass is 190 g/mol. The maximum Gasteiger partial charge on any atom is 0.310 e. The van der Waals surface area contributed by atoms with Gasteiger partial charge in [0, 0.05) is 0 Å². The standard InChI is InChI=1S/C12H14O2/c1-8(12(13)14)9-2-4-10(5-3-9)11-6-7-11/h2-5,8,11H,6-7H2,1H3,(H,13,14). The van der Waals surface area contributed by atoms with Crippen molar-refractivity contribution in [3.05, 3.63) is 35.4 Å². The fraction of sp³-hybridized carbons (Fsp3) is 0.417. The molecule has 1 N–H and O–H groups in total. The Kier molecular flexibility index (Phi) is 2.28. The van der Waals surface area contributed by atoms with E-state index in [1.165, 1.54) is 18.4 Å². The second-order valence-electron chi connectivity index (χ2n) is 4.00. The summed E-state index contributed by atoms with van der Waals surface area (Å²) in [6.45, 7) is 1.72. The molecule has 2 heteroatoms. The fourth-order valence-electron chi connectivity index (χ4n) is 1.62. The van der Waals surface area contributed by atoms with Crippen LogP contribution in [0.5, 0.6) is 0 Å². The molecule has 0 radical (unpaired) electrons. The minimum absolute atomic E-state index is 0.400. The molecule has 1 unspecified atom stereocenters. The molecule has 0 saturated heterocycles. The van der Waals surface area contributed by atoms with Crippen molar-refractivity contribution in [2.45, 2.75) is 31.6 Å². The van der Waals surface area contributed by atoms with Crippen LogP contribution in [0.25, 0.3) is 0 Å². The zero-order chi connectivity index (χ0) is 10.1. The molecule has 1 atom stereocenters. The highest BCUT2D eigenvalue weighted by molar-refractivity contribution is 5.75. The molecule has 1 saturated carbocycles. The van der Waals surface area contributed by atoms with Gasteiger partial charge in [-0.1, -0.05) is 24.3 Å². The lowest BCUT2D eigenvalue weighted by Gasteiger charge is -2.07. The highest BCUT2D eigenvalue weighted by Gasteiger charge is 2.23. The van der Waals surface area contributed by atoms with E-state index >= 15 is 0 Å². The highest BCUT2D eigenvalue weighted by Crippen LogP contribution is 2.40. The first-order valence-electron chi connectivity index (χ1n) is 5.01. The average Bonchev–Trinajstić information content (AvgIpc) is 3.00. The molecule has 0 aliphatic heterocycles. The van der Waals surface area contributed by atoms with Gasteiger partial charge >= 0.3 is 5.97 Å². The van der Waals surface area contributed by atoms with Crippen molar-refractivity contribution in [3.8, 4) is 0 Å². The number of carbonyl (C=O) groups is 1. The maximum absolute atomic E-state index is 10.7. The Labute approximate surface area is 83.6 Å². The van der Waals surface area contributed by atoms with Gasteiger partial charge in [0.15, 0.2) is 0 Å². The van der Waals surface area contributed by atoms with Crippen LogP contribution in [-0.4, -0.2) is 11.1 Å². The van der Waals surface area contributed by atoms with Crippen molar-refractivity contribution in [3.63, 3.8) is 0 Å². The van der Waals surface area contributed by atoms with E-state index in [0.29, 0.717) is 0 Å². The molecule has 14 heavy (non-hydrogen) atoms. The molecule has 0 spiro atoms. The number of aliphatic carboxylic acids is 1. The molecule has 0 amide bonds. The summed E-state index contributed by atoms with van der Waals surface area (Å²) >= 11 is 0. The highest BCUT2D eigenvalue weighted by atomic mass is 16.4. The Balaban J connectivity index is 2.16. The molecule has 1 aromatic rings. The Morgan fingerprint density at radius 3 is 2.36 bits per heavy atom. The lowest BCUT2D eigenvalue weighted by Crippen LogP contribution is -2.07. The first kappa shape index (κ1) is 9.25. The third-order valence-electron chi connectivity index (χ3n) is 2.86. The zero-order valence-corrected chi connectivity index (χ0v) is 8.23. The third kappa shape index (κ3) is 1.79. The summed E-state index contributed by atoms with van der Waals surface area (Å²) < 4.78 is 0. The van der Waals surface area contributed by atoms with Gasteiger partial charge < -0.3 is 5.11 Å². The summed E-state index contributed by atoms with van der Waals surface area (Å²) in [6, 6.07) is 8.00. The predicted molar refractivity (Wildman–Crippen MR) is 54.5 cm³/mol. The molecule has 2 nitrogen and oxygen atoms in total. The fourth-order valence-corrected chi connectivity index (χ4v) is 1.62. The van der Waals surface area contributed by atoms with Gasteiger partial charge in [-0.15, -0.1) is 0 Å². The SMILES string of the molecule is CC(C(=O)O)c1ccc(C2CC2)cc1. The van der Waals surface area contributed by atoms with Crippen LogP contribution < -0.4 is 0 Å². The van der Waals surface area contributed by atoms with Crippen molar-refractivity contribution >= 4 is 5.97 Å². The number of rotatable bonds is 3. The van der Waals surface area contributed by atoms with Crippen LogP contribution in [0, 0.1) is 0 Å². The van der Waals surface area contributed by atoms with Gasteiger partial charge in [-0.3, -0.25) is 4.79 Å². The molecule has 1 fully saturated rings. The van der Waals surface area contributed by atoms with Crippen molar-refractivity contribution in [2.75, 3.05) is 0 Å². The zero-order valence-electron chi connectivity index (χ0n) is 8.23. The molecule has 0 bridgehead atoms. The first-order valence-corrected chi connectivity index (χ1v) is 5.01. The van der Waals surface area contributed by atoms with Crippen LogP contribution in [0.15, 0.2) is 24.3 Å². The third-order valence-corrected chi connectivity index (χ3v) is 2.86. The van der Waals surface area contributed by atoms with E-state index < -0.39 is 11.9 Å². The van der Waals surface area contributed by atoms with E-state index in [-0.39, 0.29) is 0 Å². The average molecular weight is 190 g/mol. The molecule has 0 aromatic heterocycles. The van der Waals surface area contributed by atoms with E-state index in [4.69, 9.17) is 5.11 Å². The summed E-state index contributed by atoms with van der Waals surface area (Å²) in [5, 5.41) is 8.83. The lowest BCUT2D eigenvalue weighted by molar-refractivity contribution is -0.138. The van der Waals surface area contributed by atoms with Crippen LogP contribution in [0.4, 0.5) is 0 Å². The molecular weight excluding hydrogens is 176 g/mol. The van der Waals surface area contributed by atoms with E-state index in [1.54, 1.807) is 6.92 Å². The summed E-state index contributed by atoms with van der Waals surface area (Å²) in [6.07, 6.45) is 2.57. The van der Waals surface area contributed by atoms with E-state index in [2.05, 4.69) is 12.1 Å². The quantitative estimate of drug-likeness (QED) is 0.795. The van der Waals surface area contributed by atoms with Gasteiger partial charge in [-0.25, -0.2) is 0 Å². The molecular formula is C12H14O2. The van der Waals surface area contributed by atoms with Gasteiger partial charge in [-0.2, -0.15) is 0 Å². The first-order chi connectivity index (χ1) is 6.68. The summed E-state index contributed by atoms with van der Waals surface area (Å²) in [5.74, 6) is -0.420. The minimum atomic E-state index is -0.760. The molecule has 74 valence electrons. The molecule has 2 rings (SSSR count). The van der Waals surface area contributed by atoms with E-state index in [9.17, 15) is 4.79 Å². The summed E-state index contributed by atoms with van der Waals surface area (Å²) in [7, 11) is 0. The largest absolute Gasteiger partial charge is 0.481 e. The van der Waals surface area contributed by atoms with Crippen LogP contribution in [0.1, 0.15) is 42.7 Å². The topological polar surface area (TPSA) is 37.3 Å².